The third-order valence-electron chi connectivity index (χ3n) is 4.02. The molecule has 136 valence electrons. The summed E-state index contributed by atoms with van der Waals surface area (Å²) in [7, 11) is 0. The maximum absolute atomic E-state index is 12.4. The van der Waals surface area contributed by atoms with Gasteiger partial charge in [0.1, 0.15) is 18.2 Å². The summed E-state index contributed by atoms with van der Waals surface area (Å²) >= 11 is 5.88. The van der Waals surface area contributed by atoms with Gasteiger partial charge in [-0.15, -0.1) is 0 Å². The minimum Gasteiger partial charge on any atom is -0.348 e. The summed E-state index contributed by atoms with van der Waals surface area (Å²) < 4.78 is 2.01. The second kappa shape index (κ2) is 8.50. The predicted octanol–water partition coefficient (Wildman–Crippen LogP) is 1.82. The molecule has 0 aliphatic rings. The van der Waals surface area contributed by atoms with E-state index in [-0.39, 0.29) is 18.2 Å². The van der Waals surface area contributed by atoms with Crippen molar-refractivity contribution in [3.05, 3.63) is 67.4 Å². The van der Waals surface area contributed by atoms with Crippen LogP contribution in [0.1, 0.15) is 37.4 Å². The Labute approximate surface area is 155 Å². The van der Waals surface area contributed by atoms with Crippen LogP contribution in [-0.4, -0.2) is 15.0 Å². The molecular formula is C18H19ClN4O3. The van der Waals surface area contributed by atoms with Crippen molar-refractivity contribution < 1.29 is 4.79 Å². The molecule has 8 heteroatoms. The Morgan fingerprint density at radius 3 is 2.46 bits per heavy atom. The molecule has 0 radical (unpaired) electrons. The van der Waals surface area contributed by atoms with E-state index in [2.05, 4.69) is 5.32 Å². The van der Waals surface area contributed by atoms with Gasteiger partial charge in [0, 0.05) is 17.8 Å². The molecule has 0 aliphatic carbocycles. The van der Waals surface area contributed by atoms with Gasteiger partial charge in [0.15, 0.2) is 0 Å². The number of halogens is 1. The van der Waals surface area contributed by atoms with Gasteiger partial charge in [-0.25, -0.2) is 9.36 Å². The number of aryl methyl sites for hydroxylation is 1. The largest absolute Gasteiger partial charge is 0.348 e. The van der Waals surface area contributed by atoms with Crippen LogP contribution in [0.2, 0.25) is 5.02 Å². The Bertz CT molecular complexity index is 954. The second-order valence-electron chi connectivity index (χ2n) is 5.69. The lowest BCUT2D eigenvalue weighted by Gasteiger charge is -2.18. The van der Waals surface area contributed by atoms with Gasteiger partial charge in [-0.05, 0) is 31.0 Å². The number of hydrogen-bond donors (Lipinski definition) is 1. The van der Waals surface area contributed by atoms with E-state index in [9.17, 15) is 14.4 Å². The van der Waals surface area contributed by atoms with E-state index in [0.717, 1.165) is 10.1 Å². The summed E-state index contributed by atoms with van der Waals surface area (Å²) in [4.78, 5) is 36.9. The van der Waals surface area contributed by atoms with Crippen molar-refractivity contribution in [2.75, 3.05) is 0 Å². The van der Waals surface area contributed by atoms with Crippen molar-refractivity contribution in [3.8, 4) is 6.07 Å². The fourth-order valence-corrected chi connectivity index (χ4v) is 2.72. The molecule has 0 bridgehead atoms. The summed E-state index contributed by atoms with van der Waals surface area (Å²) in [6.07, 6.45) is 1.83. The molecular weight excluding hydrogens is 356 g/mol. The van der Waals surface area contributed by atoms with Gasteiger partial charge in [-0.3, -0.25) is 14.2 Å². The van der Waals surface area contributed by atoms with Crippen LogP contribution in [0.4, 0.5) is 0 Å². The highest BCUT2D eigenvalue weighted by molar-refractivity contribution is 6.30. The molecule has 0 aliphatic heterocycles. The van der Waals surface area contributed by atoms with Crippen molar-refractivity contribution >= 4 is 17.5 Å². The van der Waals surface area contributed by atoms with E-state index < -0.39 is 23.7 Å². The van der Waals surface area contributed by atoms with Gasteiger partial charge >= 0.3 is 5.69 Å². The van der Waals surface area contributed by atoms with Crippen LogP contribution < -0.4 is 16.6 Å². The Hall–Kier alpha value is -2.85. The quantitative estimate of drug-likeness (QED) is 0.834. The lowest BCUT2D eigenvalue weighted by atomic mass is 10.0. The molecule has 2 rings (SSSR count). The summed E-state index contributed by atoms with van der Waals surface area (Å²) in [6, 6.07) is 8.56. The molecule has 0 saturated heterocycles. The van der Waals surface area contributed by atoms with Crippen LogP contribution in [0.5, 0.6) is 0 Å². The standard InChI is InChI=1S/C18H19ClN4O3/c1-3-15(12-5-7-14(19)8-6-12)21-16(24)11-23-17(25)13(9-20)10-22(4-2)18(23)26/h5-8,10,15H,3-4,11H2,1-2H3,(H,21,24)/t15-/m0/s1. The third kappa shape index (κ3) is 4.21. The second-order valence-corrected chi connectivity index (χ2v) is 6.13. The maximum Gasteiger partial charge on any atom is 0.331 e. The molecule has 0 spiro atoms. The van der Waals surface area contributed by atoms with Crippen molar-refractivity contribution in [1.29, 1.82) is 5.26 Å². The normalized spacial score (nSPS) is 11.6. The molecule has 0 saturated carbocycles. The molecule has 1 N–H and O–H groups in total. The predicted molar refractivity (Wildman–Crippen MR) is 98.0 cm³/mol. The van der Waals surface area contributed by atoms with E-state index >= 15 is 0 Å². The summed E-state index contributed by atoms with van der Waals surface area (Å²) in [5, 5.41) is 12.5. The average molecular weight is 375 g/mol. The number of hydrogen-bond acceptors (Lipinski definition) is 4. The number of carbonyl (C=O) groups is 1. The van der Waals surface area contributed by atoms with E-state index in [4.69, 9.17) is 16.9 Å². The topological polar surface area (TPSA) is 96.9 Å². The van der Waals surface area contributed by atoms with Crippen molar-refractivity contribution in [3.63, 3.8) is 0 Å². The Balaban J connectivity index is 2.27. The Kier molecular flexibility index (Phi) is 6.36. The van der Waals surface area contributed by atoms with Crippen molar-refractivity contribution in [2.45, 2.75) is 39.4 Å². The number of nitriles is 1. The molecule has 0 fully saturated rings. The van der Waals surface area contributed by atoms with Crippen molar-refractivity contribution in [1.82, 2.24) is 14.5 Å². The van der Waals surface area contributed by atoms with Gasteiger partial charge in [0.05, 0.1) is 6.04 Å². The highest BCUT2D eigenvalue weighted by Gasteiger charge is 2.17. The Morgan fingerprint density at radius 1 is 1.27 bits per heavy atom. The molecule has 26 heavy (non-hydrogen) atoms. The molecule has 1 aromatic carbocycles. The minimum atomic E-state index is -0.767. The van der Waals surface area contributed by atoms with E-state index in [1.807, 2.05) is 19.1 Å². The van der Waals surface area contributed by atoms with E-state index in [0.29, 0.717) is 11.4 Å². The number of carbonyl (C=O) groups excluding carboxylic acids is 1. The molecule has 7 nitrogen and oxygen atoms in total. The zero-order valence-electron chi connectivity index (χ0n) is 14.5. The number of nitrogens with one attached hydrogen (secondary N) is 1. The number of amides is 1. The molecule has 1 atom stereocenters. The van der Waals surface area contributed by atoms with Crippen LogP contribution in [0.3, 0.4) is 0 Å². The molecule has 1 amide bonds. The van der Waals surface area contributed by atoms with E-state index in [1.165, 1.54) is 10.8 Å². The van der Waals surface area contributed by atoms with Crippen LogP contribution >= 0.6 is 11.6 Å². The monoisotopic (exact) mass is 374 g/mol. The van der Waals surface area contributed by atoms with Crippen LogP contribution in [-0.2, 0) is 17.9 Å². The fourth-order valence-electron chi connectivity index (χ4n) is 2.60. The lowest BCUT2D eigenvalue weighted by Crippen LogP contribution is -2.44. The van der Waals surface area contributed by atoms with Gasteiger partial charge in [0.2, 0.25) is 5.91 Å². The van der Waals surface area contributed by atoms with E-state index in [1.54, 1.807) is 25.1 Å². The summed E-state index contributed by atoms with van der Waals surface area (Å²) in [5.74, 6) is -0.483. The first-order chi connectivity index (χ1) is 12.4. The van der Waals surface area contributed by atoms with Crippen molar-refractivity contribution in [2.24, 2.45) is 0 Å². The first kappa shape index (κ1) is 19.5. The van der Waals surface area contributed by atoms with Crippen LogP contribution in [0.15, 0.2) is 40.1 Å². The number of rotatable bonds is 6. The molecule has 0 unspecified atom stereocenters. The smallest absolute Gasteiger partial charge is 0.331 e. The maximum atomic E-state index is 12.4. The number of aromatic nitrogens is 2. The molecule has 1 aromatic heterocycles. The highest BCUT2D eigenvalue weighted by Crippen LogP contribution is 2.19. The summed E-state index contributed by atoms with van der Waals surface area (Å²) in [6.45, 7) is 3.46. The van der Waals surface area contributed by atoms with Gasteiger partial charge in [-0.1, -0.05) is 30.7 Å². The number of benzene rings is 1. The van der Waals surface area contributed by atoms with Gasteiger partial charge in [0.25, 0.3) is 5.56 Å². The zero-order chi connectivity index (χ0) is 19.3. The number of nitrogens with zero attached hydrogens (tertiary/aromatic N) is 3. The molecule has 2 aromatic rings. The average Bonchev–Trinajstić information content (AvgIpc) is 2.64. The third-order valence-corrected chi connectivity index (χ3v) is 4.27. The minimum absolute atomic E-state index is 0.177. The van der Waals surface area contributed by atoms with Crippen LogP contribution in [0.25, 0.3) is 0 Å². The first-order valence-electron chi connectivity index (χ1n) is 8.20. The zero-order valence-corrected chi connectivity index (χ0v) is 15.3. The fraction of sp³-hybridized carbons (Fsp3) is 0.333. The Morgan fingerprint density at radius 2 is 1.92 bits per heavy atom. The van der Waals surface area contributed by atoms with Gasteiger partial charge < -0.3 is 5.32 Å². The first-order valence-corrected chi connectivity index (χ1v) is 8.58. The highest BCUT2D eigenvalue weighted by atomic mass is 35.5. The molecule has 1 heterocycles. The van der Waals surface area contributed by atoms with Gasteiger partial charge in [-0.2, -0.15) is 5.26 Å². The lowest BCUT2D eigenvalue weighted by molar-refractivity contribution is -0.122. The van der Waals surface area contributed by atoms with Crippen LogP contribution in [0, 0.1) is 11.3 Å². The summed E-state index contributed by atoms with van der Waals surface area (Å²) in [5.41, 5.74) is -0.693. The SMILES string of the molecule is CC[C@H](NC(=O)Cn1c(=O)c(C#N)cn(CC)c1=O)c1ccc(Cl)cc1.